The molecule has 0 bridgehead atoms. The highest BCUT2D eigenvalue weighted by Crippen LogP contribution is 2.41. The van der Waals surface area contributed by atoms with Gasteiger partial charge in [-0.05, 0) is 226 Å². The van der Waals surface area contributed by atoms with E-state index in [0.717, 1.165) is 118 Å². The fourth-order valence-corrected chi connectivity index (χ4v) is 18.2. The normalized spacial score (nSPS) is 12.6. The van der Waals surface area contributed by atoms with Crippen molar-refractivity contribution in [1.82, 2.24) is 0 Å². The average molecular weight is 1560 g/mol. The molecule has 0 unspecified atom stereocenters. The highest BCUT2D eigenvalue weighted by atomic mass is 16.4. The van der Waals surface area contributed by atoms with Gasteiger partial charge in [-0.1, -0.05) is 237 Å². The number of Topliss-reactive ketones (excluding diaryl/α,β-unsaturated/α-hetero) is 1. The smallest absolute Gasteiger partial charge is 0.336 e. The summed E-state index contributed by atoms with van der Waals surface area (Å²) in [6.07, 6.45) is 10.0. The second-order valence-corrected chi connectivity index (χ2v) is 30.5. The van der Waals surface area contributed by atoms with Crippen LogP contribution in [-0.4, -0.2) is 84.3 Å². The summed E-state index contributed by atoms with van der Waals surface area (Å²) in [6, 6.07) is 83.4. The van der Waals surface area contributed by atoms with Crippen LogP contribution in [0.3, 0.4) is 0 Å². The molecule has 0 amide bonds. The van der Waals surface area contributed by atoms with E-state index in [9.17, 15) is 63.3 Å². The predicted molar refractivity (Wildman–Crippen MR) is 460 cm³/mol. The summed E-state index contributed by atoms with van der Waals surface area (Å²) in [4.78, 5) is 121. The number of benzene rings is 16. The van der Waals surface area contributed by atoms with Crippen LogP contribution < -0.4 is 0 Å². The van der Waals surface area contributed by atoms with E-state index < -0.39 is 29.8 Å². The summed E-state index contributed by atoms with van der Waals surface area (Å²) in [5.41, 5.74) is 17.7. The average Bonchev–Trinajstić information content (AvgIpc) is 1.74. The van der Waals surface area contributed by atoms with Crippen LogP contribution in [0, 0.1) is 0 Å². The van der Waals surface area contributed by atoms with Gasteiger partial charge < -0.3 is 25.5 Å². The number of aryl methyl sites for hydroxylation is 10. The molecule has 16 aromatic carbocycles. The fourth-order valence-electron chi connectivity index (χ4n) is 18.2. The monoisotopic (exact) mass is 1560 g/mol. The van der Waals surface area contributed by atoms with Gasteiger partial charge in [0.15, 0.2) is 28.9 Å². The zero-order valence-electron chi connectivity index (χ0n) is 64.3. The molecule has 0 aromatic heterocycles. The molecule has 5 aliphatic carbocycles. The Hall–Kier alpha value is -15.0. The van der Waals surface area contributed by atoms with E-state index in [-0.39, 0.29) is 75.1 Å². The number of carboxylic acid groups (broad SMARTS) is 5. The van der Waals surface area contributed by atoms with E-state index in [1.165, 1.54) is 90.0 Å². The van der Waals surface area contributed by atoms with Gasteiger partial charge in [-0.15, -0.1) is 0 Å². The molecule has 0 heterocycles. The Morgan fingerprint density at radius 1 is 0.202 bits per heavy atom. The number of rotatable bonds is 16. The van der Waals surface area contributed by atoms with Gasteiger partial charge in [-0.25, -0.2) is 19.2 Å². The molecular formula is C104H74O15. The first-order valence-electron chi connectivity index (χ1n) is 39.5. The van der Waals surface area contributed by atoms with Gasteiger partial charge in [0.25, 0.3) is 0 Å². The van der Waals surface area contributed by atoms with Crippen LogP contribution >= 0.6 is 0 Å². The number of aromatic carboxylic acids is 4. The Morgan fingerprint density at radius 2 is 0.496 bits per heavy atom. The fraction of sp³-hybridized carbons (Fsp3) is 0.115. The Morgan fingerprint density at radius 3 is 0.882 bits per heavy atom. The van der Waals surface area contributed by atoms with Crippen LogP contribution in [0.2, 0.25) is 0 Å². The second kappa shape index (κ2) is 32.0. The molecule has 21 rings (SSSR count). The summed E-state index contributed by atoms with van der Waals surface area (Å²) in [7, 11) is 0. The molecule has 580 valence electrons. The molecule has 0 saturated heterocycles. The van der Waals surface area contributed by atoms with Gasteiger partial charge in [0.2, 0.25) is 0 Å². The minimum atomic E-state index is -1.09. The largest absolute Gasteiger partial charge is 0.481 e. The standard InChI is InChI=1S/2C24H16O3.2C20H14O3.C16H14O3/c25-23(18-13-12-16-11-10-15-6-1-7-17(18)21(15)16)19-8-2-4-14-5-3-9-20(22(14)19)24(26)27;25-23(19-11-10-15-9-8-14-6-3-7-18(19)22(14)15)20-12-16-4-1-2-5-17(16)13-21(20)24(26)27;21-19(15-5-1-2-6-17(15)20(22)23)16-11-10-13-9-8-12-4-3-7-14(16)18(12)13;21-19(14-6-8-15(9-7-14)20(22)23)17-11-10-13-5-4-12-2-1-3-16(17)18(12)13;17-14(8-9-15(18)19)12-7-6-11-5-4-10-2-1-3-13(12)16(10)11/h1-9,12-13H,10-11H2,(H,26,27);1-7,10-13H,8-9H2,(H,26,27);1-7,10-11H,8-9H2,(H,22,23);1-3,6-11H,4-5H2,(H,22,23);1-3,6-7H,4-5,8-9H2,(H,18,19). The summed E-state index contributed by atoms with van der Waals surface area (Å²) in [6.45, 7) is 0. The Balaban J connectivity index is 0.000000107. The quantitative estimate of drug-likeness (QED) is 0.0563. The number of aliphatic carboxylic acids is 1. The van der Waals surface area contributed by atoms with Crippen LogP contribution in [0.25, 0.3) is 75.4 Å². The van der Waals surface area contributed by atoms with Crippen LogP contribution in [0.1, 0.15) is 184 Å². The molecular weight excluding hydrogens is 1490 g/mol. The maximum Gasteiger partial charge on any atom is 0.336 e. The van der Waals surface area contributed by atoms with Crippen LogP contribution in [0.4, 0.5) is 0 Å². The van der Waals surface area contributed by atoms with Crippen molar-refractivity contribution in [3.8, 4) is 0 Å². The predicted octanol–water partition coefficient (Wildman–Crippen LogP) is 20.8. The van der Waals surface area contributed by atoms with Crippen molar-refractivity contribution in [1.29, 1.82) is 0 Å². The summed E-state index contributed by atoms with van der Waals surface area (Å²) in [5, 5.41) is 59.8. The van der Waals surface area contributed by atoms with Gasteiger partial charge in [-0.3, -0.25) is 28.8 Å². The third kappa shape index (κ3) is 14.4. The lowest BCUT2D eigenvalue weighted by Crippen LogP contribution is -2.10. The van der Waals surface area contributed by atoms with Crippen molar-refractivity contribution in [2.24, 2.45) is 0 Å². The Labute approximate surface area is 681 Å². The highest BCUT2D eigenvalue weighted by Gasteiger charge is 2.29. The summed E-state index contributed by atoms with van der Waals surface area (Å²) >= 11 is 0. The molecule has 0 fully saturated rings. The van der Waals surface area contributed by atoms with Crippen molar-refractivity contribution < 1.29 is 73.5 Å². The molecule has 0 aliphatic heterocycles. The third-order valence-electron chi connectivity index (χ3n) is 23.8. The first kappa shape index (κ1) is 76.7. The van der Waals surface area contributed by atoms with Crippen molar-refractivity contribution in [3.05, 3.63) is 401 Å². The third-order valence-corrected chi connectivity index (χ3v) is 23.8. The zero-order chi connectivity index (χ0) is 82.4. The van der Waals surface area contributed by atoms with Gasteiger partial charge in [-0.2, -0.15) is 0 Å². The minimum Gasteiger partial charge on any atom is -0.481 e. The van der Waals surface area contributed by atoms with E-state index in [1.807, 2.05) is 158 Å². The lowest BCUT2D eigenvalue weighted by Gasteiger charge is -2.12. The zero-order valence-corrected chi connectivity index (χ0v) is 64.3. The number of hydrogen-bond acceptors (Lipinski definition) is 10. The van der Waals surface area contributed by atoms with Crippen LogP contribution in [0.5, 0.6) is 0 Å². The van der Waals surface area contributed by atoms with Gasteiger partial charge in [0.05, 0.1) is 28.7 Å². The number of fused-ring (bicyclic) bond motifs is 2. The van der Waals surface area contributed by atoms with E-state index in [0.29, 0.717) is 44.3 Å². The number of hydrogen-bond donors (Lipinski definition) is 5. The molecule has 16 aromatic rings. The lowest BCUT2D eigenvalue weighted by atomic mass is 9.90. The first-order chi connectivity index (χ1) is 57.8. The van der Waals surface area contributed by atoms with E-state index >= 15 is 0 Å². The van der Waals surface area contributed by atoms with Gasteiger partial charge in [0.1, 0.15) is 0 Å². The van der Waals surface area contributed by atoms with Crippen molar-refractivity contribution in [3.63, 3.8) is 0 Å². The second-order valence-electron chi connectivity index (χ2n) is 30.5. The van der Waals surface area contributed by atoms with E-state index in [1.54, 1.807) is 66.7 Å². The molecule has 15 nitrogen and oxygen atoms in total. The minimum absolute atomic E-state index is 0.0424. The van der Waals surface area contributed by atoms with Crippen LogP contribution in [0.15, 0.2) is 273 Å². The Bertz CT molecular complexity index is 7030. The molecule has 5 N–H and O–H groups in total. The Kier molecular flexibility index (Phi) is 20.6. The maximum atomic E-state index is 13.5. The number of carbonyl (C=O) groups excluding carboxylic acids is 5. The van der Waals surface area contributed by atoms with Crippen molar-refractivity contribution in [2.75, 3.05) is 0 Å². The SMILES string of the molecule is O=C(O)CCC(=O)c1ccc2c3c(cccc13)CC2.O=C(O)c1cc2ccccc2cc1C(=O)c1ccc2c3c(cccc13)CC2.O=C(O)c1ccc(C(=O)c2ccc3c4c(cccc24)CC3)cc1.O=C(O)c1cccc2cccc(C(=O)c3ccc4c5c(cccc35)CC4)c12.O=C(O)c1ccccc1C(=O)c1ccc2c3c(cccc13)CC2. The summed E-state index contributed by atoms with van der Waals surface area (Å²) in [5.74, 6) is -5.89. The topological polar surface area (TPSA) is 272 Å². The highest BCUT2D eigenvalue weighted by molar-refractivity contribution is 6.26. The molecule has 15 heteroatoms. The molecule has 0 radical (unpaired) electrons. The lowest BCUT2D eigenvalue weighted by molar-refractivity contribution is -0.137. The first-order valence-corrected chi connectivity index (χ1v) is 39.5. The number of carbonyl (C=O) groups is 10. The van der Waals surface area contributed by atoms with E-state index in [2.05, 4.69) is 30.3 Å². The number of carboxylic acids is 5. The molecule has 119 heavy (non-hydrogen) atoms. The molecule has 0 saturated carbocycles. The molecule has 5 aliphatic rings. The van der Waals surface area contributed by atoms with E-state index in [4.69, 9.17) is 10.2 Å². The van der Waals surface area contributed by atoms with Crippen molar-refractivity contribution in [2.45, 2.75) is 77.0 Å². The van der Waals surface area contributed by atoms with Crippen molar-refractivity contribution >= 4 is 134 Å². The maximum absolute atomic E-state index is 13.5. The van der Waals surface area contributed by atoms with Gasteiger partial charge in [0, 0.05) is 61.9 Å². The van der Waals surface area contributed by atoms with Gasteiger partial charge >= 0.3 is 29.8 Å². The number of ketones is 5. The molecule has 0 atom stereocenters. The van der Waals surface area contributed by atoms with Crippen LogP contribution in [-0.2, 0) is 69.0 Å². The molecule has 0 spiro atoms. The summed E-state index contributed by atoms with van der Waals surface area (Å²) < 4.78 is 0.